The third-order valence-electron chi connectivity index (χ3n) is 8.94. The molecule has 10 rings (SSSR count). The van der Waals surface area contributed by atoms with Crippen LogP contribution in [0.3, 0.4) is 0 Å². The van der Waals surface area contributed by atoms with Gasteiger partial charge in [0.05, 0.1) is 64.1 Å². The van der Waals surface area contributed by atoms with E-state index < -0.39 is 14.1 Å². The monoisotopic (exact) mass is 897 g/mol. The van der Waals surface area contributed by atoms with Crippen molar-refractivity contribution in [1.29, 1.82) is 10.5 Å². The molecule has 13 nitrogen and oxygen atoms in total. The second-order valence-corrected chi connectivity index (χ2v) is 13.0. The third-order valence-corrected chi connectivity index (χ3v) is 9.06. The largest absolute Gasteiger partial charge is 0.296 e. The van der Waals surface area contributed by atoms with Crippen LogP contribution in [0.2, 0.25) is 0 Å². The molecule has 0 N–H and O–H groups in total. The summed E-state index contributed by atoms with van der Waals surface area (Å²) in [6.07, 6.45) is 0.949. The predicted molar refractivity (Wildman–Crippen MR) is 222 cm³/mol. The molecule has 1 aliphatic rings. The van der Waals surface area contributed by atoms with Crippen LogP contribution in [-0.4, -0.2) is 86.7 Å². The topological polar surface area (TPSA) is 169 Å². The predicted octanol–water partition coefficient (Wildman–Crippen LogP) is 4.57. The minimum Gasteiger partial charge on any atom is -0.296 e. The molecule has 0 bridgehead atoms. The SMILES string of the molecule is O=[P+]([O-])O[O-].[C-]#[N+]c1cc(C#N)cc(-n2c3ccccc3n3c4ccccc4nc23)c1.[C-]#[N+]c1cc(F)cc(C#N)c1.[K+].[K][K].c1ccc2c(c1)Cc1nc3ccccc3n1-2. The molecule has 1 unspecified atom stereocenters. The van der Waals surface area contributed by atoms with Crippen LogP contribution < -0.4 is 61.5 Å². The van der Waals surface area contributed by atoms with Gasteiger partial charge in [0.1, 0.15) is 11.6 Å². The van der Waals surface area contributed by atoms with Gasteiger partial charge in [-0.2, -0.15) is 10.5 Å². The van der Waals surface area contributed by atoms with E-state index in [1.807, 2.05) is 53.1 Å². The Morgan fingerprint density at radius 2 is 1.25 bits per heavy atom. The summed E-state index contributed by atoms with van der Waals surface area (Å²) < 4.78 is 30.2. The zero-order chi connectivity index (χ0) is 42.8. The maximum atomic E-state index is 12.5. The van der Waals surface area contributed by atoms with Crippen molar-refractivity contribution in [2.24, 2.45) is 0 Å². The summed E-state index contributed by atoms with van der Waals surface area (Å²) in [5.41, 5.74) is 10.9. The van der Waals surface area contributed by atoms with Gasteiger partial charge in [0.15, 0.2) is 11.4 Å². The normalized spacial score (nSPS) is 10.6. The molecule has 280 valence electrons. The van der Waals surface area contributed by atoms with E-state index in [-0.39, 0.29) is 62.6 Å². The van der Waals surface area contributed by atoms with Crippen molar-refractivity contribution in [2.45, 2.75) is 6.42 Å². The first-order chi connectivity index (χ1) is 29.3. The van der Waals surface area contributed by atoms with E-state index >= 15 is 0 Å². The van der Waals surface area contributed by atoms with Crippen LogP contribution in [0.1, 0.15) is 22.5 Å². The zero-order valence-electron chi connectivity index (χ0n) is 32.9. The molecule has 4 heterocycles. The summed E-state index contributed by atoms with van der Waals surface area (Å²) in [6.45, 7) is 13.9. The molecule has 61 heavy (non-hydrogen) atoms. The van der Waals surface area contributed by atoms with Gasteiger partial charge in [0.2, 0.25) is 5.78 Å². The van der Waals surface area contributed by atoms with E-state index in [1.54, 1.807) is 24.3 Å². The average Bonchev–Trinajstić information content (AvgIpc) is 4.04. The van der Waals surface area contributed by atoms with Crippen molar-refractivity contribution in [3.8, 4) is 23.5 Å². The standard InChI is InChI=1S/C21H11N5.C14H10N2.C8H3FN2.3K.HO4P/c1-23-15-10-14(13-22)11-16(12-15)25-19-8-4-5-9-20(19)26-18-7-3-2-6-17(18)24-21(25)26;1-3-7-12-10(5-1)9-14-15-11-6-2-4-8-13(11)16(12)14;1-11-8-3-6(5-10)2-7(9)4-8;;;;1-4-5(2)3/h2-12H;1-8H,9H2;2-4H;;;;1H/q;;;;;+1;/p-1. The van der Waals surface area contributed by atoms with Crippen LogP contribution in [0.25, 0.3) is 59.9 Å². The number of rotatable bonds is 2. The molecule has 0 fully saturated rings. The number of nitrogens with zero attached hydrogens (tertiary/aromatic N) is 9. The van der Waals surface area contributed by atoms with Gasteiger partial charge in [0, 0.05) is 23.2 Å². The number of imidazole rings is 3. The molecule has 9 aromatic rings. The maximum Gasteiger partial charge on any atom is 0.118 e. The summed E-state index contributed by atoms with van der Waals surface area (Å²) in [4.78, 5) is 24.9. The van der Waals surface area contributed by atoms with Gasteiger partial charge in [0.25, 0.3) is 0 Å². The molecular weight excluding hydrogens is 874 g/mol. The van der Waals surface area contributed by atoms with E-state index in [2.05, 4.69) is 82.9 Å². The number of hydrogen-bond acceptors (Lipinski definition) is 8. The van der Waals surface area contributed by atoms with Gasteiger partial charge in [-0.05, 0) is 89.0 Å². The van der Waals surface area contributed by atoms with Gasteiger partial charge >= 0.3 is 123 Å². The molecule has 0 amide bonds. The molecule has 18 heteroatoms. The summed E-state index contributed by atoms with van der Waals surface area (Å²) in [5.74, 6) is 1.37. The number of para-hydroxylation sites is 7. The molecule has 0 radical (unpaired) electrons. The van der Waals surface area contributed by atoms with Crippen molar-refractivity contribution in [3.05, 3.63) is 185 Å². The summed E-state index contributed by atoms with van der Waals surface area (Å²) >= 11 is 2.50. The number of halogens is 1. The van der Waals surface area contributed by atoms with E-state index in [1.165, 1.54) is 86.0 Å². The van der Waals surface area contributed by atoms with E-state index in [0.717, 1.165) is 63.4 Å². The zero-order valence-corrected chi connectivity index (χ0v) is 43.2. The Morgan fingerprint density at radius 1 is 0.721 bits per heavy atom. The molecular formula is C43H24FK3N9O4P. The molecule has 0 saturated carbocycles. The van der Waals surface area contributed by atoms with Gasteiger partial charge in [-0.3, -0.25) is 13.5 Å². The van der Waals surface area contributed by atoms with Gasteiger partial charge in [-0.15, -0.1) is 0 Å². The van der Waals surface area contributed by atoms with Gasteiger partial charge in [-0.1, -0.05) is 54.6 Å². The molecule has 3 aromatic heterocycles. The molecule has 1 atom stereocenters. The molecule has 0 saturated heterocycles. The molecule has 1 aliphatic heterocycles. The maximum absolute atomic E-state index is 12.5. The first kappa shape index (κ1) is 48.9. The van der Waals surface area contributed by atoms with Gasteiger partial charge in [-0.25, -0.2) is 28.7 Å². The van der Waals surface area contributed by atoms with Crippen LogP contribution in [0, 0.1) is 41.6 Å². The first-order valence-corrected chi connectivity index (χ1v) is 35.2. The van der Waals surface area contributed by atoms with Gasteiger partial charge < -0.3 is 10.2 Å². The third kappa shape index (κ3) is 11.3. The van der Waals surface area contributed by atoms with Crippen LogP contribution in [0.15, 0.2) is 133 Å². The fraction of sp³-hybridized carbons (Fsp3) is 0.0233. The van der Waals surface area contributed by atoms with Crippen molar-refractivity contribution in [3.63, 3.8) is 0 Å². The molecule has 0 spiro atoms. The number of fused-ring (bicyclic) bond motifs is 10. The van der Waals surface area contributed by atoms with Crippen LogP contribution in [0.5, 0.6) is 0 Å². The Balaban J connectivity index is 0.000000172. The smallest absolute Gasteiger partial charge is 0.118 e. The Labute approximate surface area is 437 Å². The molecule has 6 aromatic carbocycles. The number of benzene rings is 6. The summed E-state index contributed by atoms with van der Waals surface area (Å²) in [5, 5.41) is 26.2. The minimum absolute atomic E-state index is 0. The van der Waals surface area contributed by atoms with Crippen molar-refractivity contribution in [2.75, 3.05) is 0 Å². The van der Waals surface area contributed by atoms with E-state index in [9.17, 15) is 9.65 Å². The Kier molecular flexibility index (Phi) is 18.8. The van der Waals surface area contributed by atoms with Crippen LogP contribution in [0.4, 0.5) is 15.8 Å². The fourth-order valence-corrected chi connectivity index (χ4v) is 6.67. The number of nitriles is 2. The van der Waals surface area contributed by atoms with Crippen molar-refractivity contribution >= 4 is 122 Å². The minimum atomic E-state index is -3.15. The number of hydrogen-bond donors (Lipinski definition) is 0. The van der Waals surface area contributed by atoms with Crippen molar-refractivity contribution in [1.82, 2.24) is 23.5 Å². The van der Waals surface area contributed by atoms with Crippen molar-refractivity contribution < 1.29 is 75.2 Å². The van der Waals surface area contributed by atoms with E-state index in [0.29, 0.717) is 11.3 Å². The summed E-state index contributed by atoms with van der Waals surface area (Å²) in [7, 11) is -3.15. The Hall–Kier alpha value is -3.16. The quantitative estimate of drug-likeness (QED) is 0.0800. The Morgan fingerprint density at radius 3 is 1.87 bits per heavy atom. The number of aromatic nitrogens is 5. The second kappa shape index (κ2) is 23.5. The Bertz CT molecular complexity index is 3170. The van der Waals surface area contributed by atoms with E-state index in [4.69, 9.17) is 38.1 Å². The fourth-order valence-electron chi connectivity index (χ4n) is 6.67. The summed E-state index contributed by atoms with van der Waals surface area (Å²) in [6, 6.07) is 45.5. The average molecular weight is 898 g/mol. The second-order valence-electron chi connectivity index (χ2n) is 12.4. The van der Waals surface area contributed by atoms with Crippen LogP contribution in [-0.2, 0) is 15.7 Å². The molecule has 0 aliphatic carbocycles. The first-order valence-electron chi connectivity index (χ1n) is 18.1. The van der Waals surface area contributed by atoms with Crippen LogP contribution >= 0.6 is 8.25 Å².